The number of hydrogen-bond acceptors (Lipinski definition) is 4. The molecular weight excluding hydrogens is 254 g/mol. The van der Waals surface area contributed by atoms with Gasteiger partial charge in [-0.05, 0) is 37.4 Å². The summed E-state index contributed by atoms with van der Waals surface area (Å²) >= 11 is 5.65. The van der Waals surface area contributed by atoms with E-state index in [1.54, 1.807) is 0 Å². The summed E-state index contributed by atoms with van der Waals surface area (Å²) in [5.41, 5.74) is 0.194. The van der Waals surface area contributed by atoms with Crippen molar-refractivity contribution in [3.8, 4) is 5.88 Å². The lowest BCUT2D eigenvalue weighted by atomic mass is 10.1. The van der Waals surface area contributed by atoms with Crippen LogP contribution in [0.3, 0.4) is 0 Å². The summed E-state index contributed by atoms with van der Waals surface area (Å²) in [5, 5.41) is 15.9. The Bertz CT molecular complexity index is 494. The Balaban J connectivity index is 1.69. The third kappa shape index (κ3) is 2.04. The van der Waals surface area contributed by atoms with Gasteiger partial charge in [0.05, 0.1) is 0 Å². The monoisotopic (exact) mass is 267 g/mol. The molecule has 0 radical (unpaired) electrons. The molecule has 1 aromatic heterocycles. The quantitative estimate of drug-likeness (QED) is 0.745. The fourth-order valence-electron chi connectivity index (χ4n) is 2.81. The average molecular weight is 268 g/mol. The summed E-state index contributed by atoms with van der Waals surface area (Å²) in [6.07, 6.45) is 2.15. The zero-order valence-corrected chi connectivity index (χ0v) is 10.4. The van der Waals surface area contributed by atoms with Gasteiger partial charge in [0.15, 0.2) is 0 Å². The van der Waals surface area contributed by atoms with Crippen LogP contribution in [0.5, 0.6) is 5.88 Å². The van der Waals surface area contributed by atoms with E-state index in [0.29, 0.717) is 12.0 Å². The number of nitrogens with zero attached hydrogens (tertiary/aromatic N) is 1. The molecule has 1 amide bonds. The van der Waals surface area contributed by atoms with E-state index in [1.807, 2.05) is 0 Å². The number of pyridine rings is 1. The zero-order chi connectivity index (χ0) is 12.7. The second-order valence-corrected chi connectivity index (χ2v) is 5.34. The van der Waals surface area contributed by atoms with Gasteiger partial charge in [-0.3, -0.25) is 4.79 Å². The van der Waals surface area contributed by atoms with Gasteiger partial charge in [0, 0.05) is 12.1 Å². The number of hydrogen-bond donors (Lipinski definition) is 3. The summed E-state index contributed by atoms with van der Waals surface area (Å²) in [6, 6.07) is 3.52. The first-order chi connectivity index (χ1) is 8.63. The summed E-state index contributed by atoms with van der Waals surface area (Å²) in [7, 11) is 0. The van der Waals surface area contributed by atoms with Crippen molar-refractivity contribution in [2.24, 2.45) is 5.92 Å². The van der Waals surface area contributed by atoms with E-state index in [0.717, 1.165) is 19.4 Å². The van der Waals surface area contributed by atoms with E-state index in [9.17, 15) is 9.90 Å². The van der Waals surface area contributed by atoms with Gasteiger partial charge < -0.3 is 15.7 Å². The molecule has 5 nitrogen and oxygen atoms in total. The molecule has 2 fully saturated rings. The van der Waals surface area contributed by atoms with Crippen LogP contribution in [0.25, 0.3) is 0 Å². The standard InChI is InChI=1S/C12H14ClN3O2/c13-7-1-2-8(15-11(7)17)12(18)16-10-4-6-3-9(10)14-5-6/h1-2,6,9-10,14H,3-5H2,(H,15,17)(H,16,18). The van der Waals surface area contributed by atoms with Gasteiger partial charge in [-0.2, -0.15) is 0 Å². The third-order valence-corrected chi connectivity index (χ3v) is 4.00. The van der Waals surface area contributed by atoms with E-state index >= 15 is 0 Å². The summed E-state index contributed by atoms with van der Waals surface area (Å²) < 4.78 is 0. The summed E-state index contributed by atoms with van der Waals surface area (Å²) in [4.78, 5) is 15.8. The number of piperidine rings is 1. The van der Waals surface area contributed by atoms with Gasteiger partial charge >= 0.3 is 0 Å². The lowest BCUT2D eigenvalue weighted by molar-refractivity contribution is 0.0922. The first-order valence-electron chi connectivity index (χ1n) is 6.03. The topological polar surface area (TPSA) is 74.2 Å². The fraction of sp³-hybridized carbons (Fsp3) is 0.500. The molecule has 2 aliphatic rings. The molecule has 96 valence electrons. The van der Waals surface area contributed by atoms with Gasteiger partial charge in [0.25, 0.3) is 5.91 Å². The van der Waals surface area contributed by atoms with Crippen LogP contribution in [0.4, 0.5) is 0 Å². The van der Waals surface area contributed by atoms with E-state index < -0.39 is 0 Å². The molecule has 2 bridgehead atoms. The van der Waals surface area contributed by atoms with Gasteiger partial charge in [-0.1, -0.05) is 11.6 Å². The number of nitrogens with one attached hydrogen (secondary N) is 2. The van der Waals surface area contributed by atoms with Crippen molar-refractivity contribution < 1.29 is 9.90 Å². The predicted molar refractivity (Wildman–Crippen MR) is 66.7 cm³/mol. The molecular formula is C12H14ClN3O2. The molecule has 1 aliphatic carbocycles. The van der Waals surface area contributed by atoms with Crippen molar-refractivity contribution in [2.75, 3.05) is 6.54 Å². The minimum atomic E-state index is -0.310. The number of carbonyl (C=O) groups is 1. The molecule has 0 spiro atoms. The molecule has 3 rings (SSSR count). The number of aromatic hydroxyl groups is 1. The maximum Gasteiger partial charge on any atom is 0.270 e. The molecule has 2 heterocycles. The minimum absolute atomic E-state index is 0.146. The molecule has 6 heteroatoms. The first kappa shape index (κ1) is 11.7. The molecule has 1 aliphatic heterocycles. The number of rotatable bonds is 2. The predicted octanol–water partition coefficient (Wildman–Crippen LogP) is 0.921. The molecule has 1 aromatic rings. The lowest BCUT2D eigenvalue weighted by Gasteiger charge is -2.23. The number of aromatic nitrogens is 1. The summed E-state index contributed by atoms with van der Waals surface area (Å²) in [6.45, 7) is 1.05. The normalized spacial score (nSPS) is 29.5. The Hall–Kier alpha value is -1.33. The van der Waals surface area contributed by atoms with E-state index in [2.05, 4.69) is 15.6 Å². The zero-order valence-electron chi connectivity index (χ0n) is 9.69. The molecule has 1 saturated heterocycles. The Morgan fingerprint density at radius 3 is 2.94 bits per heavy atom. The summed E-state index contributed by atoms with van der Waals surface area (Å²) in [5.74, 6) is 0.101. The highest BCUT2D eigenvalue weighted by molar-refractivity contribution is 6.31. The highest BCUT2D eigenvalue weighted by Crippen LogP contribution is 2.31. The van der Waals surface area contributed by atoms with Crippen LogP contribution in [0.15, 0.2) is 12.1 Å². The van der Waals surface area contributed by atoms with Crippen molar-refractivity contribution in [3.05, 3.63) is 22.8 Å². The molecule has 1 saturated carbocycles. The van der Waals surface area contributed by atoms with Crippen LogP contribution in [0.2, 0.25) is 5.02 Å². The highest BCUT2D eigenvalue weighted by Gasteiger charge is 2.40. The van der Waals surface area contributed by atoms with Gasteiger partial charge in [-0.15, -0.1) is 0 Å². The first-order valence-corrected chi connectivity index (χ1v) is 6.41. The van der Waals surface area contributed by atoms with Crippen LogP contribution in [-0.4, -0.2) is 34.6 Å². The van der Waals surface area contributed by atoms with Crippen molar-refractivity contribution in [3.63, 3.8) is 0 Å². The Morgan fingerprint density at radius 2 is 2.33 bits per heavy atom. The number of halogens is 1. The maximum atomic E-state index is 12.0. The van der Waals surface area contributed by atoms with Crippen LogP contribution in [0.1, 0.15) is 23.3 Å². The Labute approximate surface area is 110 Å². The van der Waals surface area contributed by atoms with Crippen molar-refractivity contribution >= 4 is 17.5 Å². The molecule has 3 atom stereocenters. The number of fused-ring (bicyclic) bond motifs is 2. The van der Waals surface area contributed by atoms with Gasteiger partial charge in [-0.25, -0.2) is 4.98 Å². The van der Waals surface area contributed by atoms with Crippen LogP contribution >= 0.6 is 11.6 Å². The number of carbonyl (C=O) groups excluding carboxylic acids is 1. The van der Waals surface area contributed by atoms with Crippen molar-refractivity contribution in [1.82, 2.24) is 15.6 Å². The molecule has 3 unspecified atom stereocenters. The number of amides is 1. The second-order valence-electron chi connectivity index (χ2n) is 4.93. The minimum Gasteiger partial charge on any atom is -0.492 e. The second kappa shape index (κ2) is 4.40. The third-order valence-electron chi connectivity index (χ3n) is 3.71. The molecule has 0 aromatic carbocycles. The fourth-order valence-corrected chi connectivity index (χ4v) is 2.92. The van der Waals surface area contributed by atoms with Crippen molar-refractivity contribution in [2.45, 2.75) is 24.9 Å². The Kier molecular flexibility index (Phi) is 2.87. The smallest absolute Gasteiger partial charge is 0.270 e. The van der Waals surface area contributed by atoms with Gasteiger partial charge in [0.1, 0.15) is 10.7 Å². The van der Waals surface area contributed by atoms with Crippen LogP contribution < -0.4 is 10.6 Å². The van der Waals surface area contributed by atoms with Crippen molar-refractivity contribution in [1.29, 1.82) is 0 Å². The maximum absolute atomic E-state index is 12.0. The SMILES string of the molecule is O=C(NC1CC2CNC1C2)c1ccc(Cl)c(O)n1. The highest BCUT2D eigenvalue weighted by atomic mass is 35.5. The van der Waals surface area contributed by atoms with E-state index in [-0.39, 0.29) is 28.5 Å². The lowest BCUT2D eigenvalue weighted by Crippen LogP contribution is -2.48. The van der Waals surface area contributed by atoms with Gasteiger partial charge in [0.2, 0.25) is 5.88 Å². The Morgan fingerprint density at radius 1 is 1.50 bits per heavy atom. The van der Waals surface area contributed by atoms with Crippen LogP contribution in [0, 0.1) is 5.92 Å². The largest absolute Gasteiger partial charge is 0.492 e. The molecule has 3 N–H and O–H groups in total. The van der Waals surface area contributed by atoms with E-state index in [1.165, 1.54) is 12.1 Å². The van der Waals surface area contributed by atoms with Crippen LogP contribution in [-0.2, 0) is 0 Å². The average Bonchev–Trinajstić information content (AvgIpc) is 2.94. The molecule has 18 heavy (non-hydrogen) atoms. The van der Waals surface area contributed by atoms with E-state index in [4.69, 9.17) is 11.6 Å².